The van der Waals surface area contributed by atoms with Crippen LogP contribution in [0, 0.1) is 17.3 Å². The molecule has 0 aromatic carbocycles. The minimum absolute atomic E-state index is 0.494. The molecule has 2 heteroatoms. The number of rotatable bonds is 3. The van der Waals surface area contributed by atoms with Gasteiger partial charge in [0.2, 0.25) is 0 Å². The smallest absolute Gasteiger partial charge is 0.0268 e. The van der Waals surface area contributed by atoms with E-state index < -0.39 is 0 Å². The number of nitrogens with one attached hydrogen (secondary N) is 1. The minimum atomic E-state index is 0.494. The fourth-order valence-corrected chi connectivity index (χ4v) is 3.94. The molecule has 0 aromatic rings. The Kier molecular flexibility index (Phi) is 3.27. The molecule has 0 aliphatic heterocycles. The van der Waals surface area contributed by atoms with Gasteiger partial charge < -0.3 is 5.32 Å². The van der Waals surface area contributed by atoms with E-state index in [0.717, 1.165) is 22.9 Å². The Hall–Kier alpha value is 0.180. The van der Waals surface area contributed by atoms with Crippen LogP contribution in [0.3, 0.4) is 0 Å². The van der Waals surface area contributed by atoms with Crippen LogP contribution >= 0.6 is 15.9 Å². The first-order valence-electron chi connectivity index (χ1n) is 6.10. The molecule has 2 aliphatic rings. The summed E-state index contributed by atoms with van der Waals surface area (Å²) in [4.78, 5) is 0. The highest BCUT2D eigenvalue weighted by molar-refractivity contribution is 9.11. The van der Waals surface area contributed by atoms with Crippen LogP contribution < -0.4 is 5.32 Å². The molecule has 2 rings (SSSR count). The molecule has 2 saturated carbocycles. The first-order valence-corrected chi connectivity index (χ1v) is 6.89. The Morgan fingerprint density at radius 1 is 1.40 bits per heavy atom. The summed E-state index contributed by atoms with van der Waals surface area (Å²) in [7, 11) is 0. The summed E-state index contributed by atoms with van der Waals surface area (Å²) in [5.74, 6) is 1.90. The van der Waals surface area contributed by atoms with E-state index in [-0.39, 0.29) is 0 Å². The summed E-state index contributed by atoms with van der Waals surface area (Å²) in [6, 6.07) is 0.706. The molecule has 2 fully saturated rings. The lowest BCUT2D eigenvalue weighted by molar-refractivity contribution is -0.0860. The van der Waals surface area contributed by atoms with Gasteiger partial charge in [-0.15, -0.1) is 0 Å². The van der Waals surface area contributed by atoms with Crippen LogP contribution in [0.1, 0.15) is 39.5 Å². The molecule has 0 spiro atoms. The molecule has 0 saturated heterocycles. The lowest BCUT2D eigenvalue weighted by Gasteiger charge is -2.61. The summed E-state index contributed by atoms with van der Waals surface area (Å²) in [5, 5.41) is 3.66. The topological polar surface area (TPSA) is 12.0 Å². The van der Waals surface area contributed by atoms with Gasteiger partial charge in [0.15, 0.2) is 0 Å². The van der Waals surface area contributed by atoms with Crippen molar-refractivity contribution in [2.45, 2.75) is 45.6 Å². The van der Waals surface area contributed by atoms with E-state index in [0.29, 0.717) is 11.5 Å². The molecule has 1 N–H and O–H groups in total. The van der Waals surface area contributed by atoms with E-state index in [1.807, 2.05) is 0 Å². The Balaban J connectivity index is 1.96. The molecule has 1 unspecified atom stereocenters. The van der Waals surface area contributed by atoms with Crippen LogP contribution in [0.2, 0.25) is 0 Å². The molecule has 0 aromatic heterocycles. The van der Waals surface area contributed by atoms with Crippen molar-refractivity contribution in [3.63, 3.8) is 0 Å². The Bertz CT molecular complexity index is 259. The van der Waals surface area contributed by atoms with Crippen LogP contribution in [0.4, 0.5) is 0 Å². The lowest BCUT2D eigenvalue weighted by atomic mass is 9.48. The van der Waals surface area contributed by atoms with Gasteiger partial charge in [0, 0.05) is 17.1 Å². The predicted octanol–water partition coefficient (Wildman–Crippen LogP) is 3.70. The fourth-order valence-electron chi connectivity index (χ4n) is 3.78. The summed E-state index contributed by atoms with van der Waals surface area (Å²) >= 11 is 3.42. The maximum absolute atomic E-state index is 3.89. The first-order chi connectivity index (χ1) is 7.03. The number of fused-ring (bicyclic) bond motifs is 1. The highest BCUT2D eigenvalue weighted by Crippen LogP contribution is 2.57. The normalized spacial score (nSPS) is 37.9. The quantitative estimate of drug-likeness (QED) is 0.826. The van der Waals surface area contributed by atoms with Crippen LogP contribution in [0.25, 0.3) is 0 Å². The van der Waals surface area contributed by atoms with Gasteiger partial charge in [0.25, 0.3) is 0 Å². The van der Waals surface area contributed by atoms with Gasteiger partial charge in [-0.2, -0.15) is 0 Å². The van der Waals surface area contributed by atoms with Crippen LogP contribution in [0.15, 0.2) is 11.1 Å². The van der Waals surface area contributed by atoms with Gasteiger partial charge in [-0.05, 0) is 30.1 Å². The van der Waals surface area contributed by atoms with Gasteiger partial charge in [-0.3, -0.25) is 0 Å². The zero-order valence-corrected chi connectivity index (χ0v) is 11.4. The lowest BCUT2D eigenvalue weighted by Crippen LogP contribution is -2.64. The van der Waals surface area contributed by atoms with E-state index in [1.165, 1.54) is 25.7 Å². The molecule has 3 atom stereocenters. The standard InChI is InChI=1S/C13H22BrN/c1-9(14)8-15-12-10-6-4-5-7-11(10)13(12,2)3/h10-12,15H,1,4-8H2,2-3H3/t10-,11+,12?/m1/s1. The van der Waals surface area contributed by atoms with Crippen LogP contribution in [-0.4, -0.2) is 12.6 Å². The number of hydrogen-bond donors (Lipinski definition) is 1. The second-order valence-electron chi connectivity index (χ2n) is 5.75. The zero-order valence-electron chi connectivity index (χ0n) is 9.85. The number of halogens is 1. The van der Waals surface area contributed by atoms with Crippen molar-refractivity contribution in [1.82, 2.24) is 5.32 Å². The van der Waals surface area contributed by atoms with Crippen molar-refractivity contribution in [1.29, 1.82) is 0 Å². The molecule has 0 radical (unpaired) electrons. The predicted molar refractivity (Wildman–Crippen MR) is 69.1 cm³/mol. The summed E-state index contributed by atoms with van der Waals surface area (Å²) in [6.45, 7) is 9.65. The van der Waals surface area contributed by atoms with Gasteiger partial charge in [0.05, 0.1) is 0 Å². The summed E-state index contributed by atoms with van der Waals surface area (Å²) in [5.41, 5.74) is 0.494. The minimum Gasteiger partial charge on any atom is -0.309 e. The SMILES string of the molecule is C=C(Br)CNC1[C@@H]2CCCC[C@@H]2C1(C)C. The second kappa shape index (κ2) is 4.21. The van der Waals surface area contributed by atoms with Gasteiger partial charge >= 0.3 is 0 Å². The molecule has 0 heterocycles. The fraction of sp³-hybridized carbons (Fsp3) is 0.846. The molecule has 86 valence electrons. The van der Waals surface area contributed by atoms with E-state index in [2.05, 4.69) is 41.7 Å². The average Bonchev–Trinajstić information content (AvgIpc) is 2.17. The van der Waals surface area contributed by atoms with E-state index in [1.54, 1.807) is 0 Å². The van der Waals surface area contributed by atoms with Crippen molar-refractivity contribution < 1.29 is 0 Å². The average molecular weight is 272 g/mol. The number of hydrogen-bond acceptors (Lipinski definition) is 1. The van der Waals surface area contributed by atoms with Crippen molar-refractivity contribution in [2.75, 3.05) is 6.54 Å². The van der Waals surface area contributed by atoms with Gasteiger partial charge in [-0.1, -0.05) is 49.2 Å². The highest BCUT2D eigenvalue weighted by Gasteiger charge is 2.55. The third kappa shape index (κ3) is 2.03. The van der Waals surface area contributed by atoms with Crippen molar-refractivity contribution in [2.24, 2.45) is 17.3 Å². The monoisotopic (exact) mass is 271 g/mol. The van der Waals surface area contributed by atoms with E-state index in [9.17, 15) is 0 Å². The molecule has 1 nitrogen and oxygen atoms in total. The Morgan fingerprint density at radius 2 is 2.07 bits per heavy atom. The van der Waals surface area contributed by atoms with Crippen molar-refractivity contribution in [3.05, 3.63) is 11.1 Å². The summed E-state index contributed by atoms with van der Waals surface area (Å²) < 4.78 is 1.07. The van der Waals surface area contributed by atoms with Crippen LogP contribution in [-0.2, 0) is 0 Å². The van der Waals surface area contributed by atoms with E-state index in [4.69, 9.17) is 0 Å². The maximum atomic E-state index is 3.89. The third-order valence-corrected chi connectivity index (χ3v) is 4.80. The Morgan fingerprint density at radius 3 is 2.73 bits per heavy atom. The molecule has 0 amide bonds. The molecule has 0 bridgehead atoms. The van der Waals surface area contributed by atoms with Crippen molar-refractivity contribution >= 4 is 15.9 Å². The van der Waals surface area contributed by atoms with Crippen LogP contribution in [0.5, 0.6) is 0 Å². The molecular formula is C13H22BrN. The summed E-state index contributed by atoms with van der Waals surface area (Å²) in [6.07, 6.45) is 5.76. The molecular weight excluding hydrogens is 250 g/mol. The van der Waals surface area contributed by atoms with E-state index >= 15 is 0 Å². The zero-order chi connectivity index (χ0) is 11.1. The van der Waals surface area contributed by atoms with Gasteiger partial charge in [0.1, 0.15) is 0 Å². The molecule has 15 heavy (non-hydrogen) atoms. The first kappa shape index (κ1) is 11.7. The maximum Gasteiger partial charge on any atom is 0.0268 e. The third-order valence-electron chi connectivity index (χ3n) is 4.52. The highest BCUT2D eigenvalue weighted by atomic mass is 79.9. The van der Waals surface area contributed by atoms with Gasteiger partial charge in [-0.25, -0.2) is 0 Å². The Labute approximate surface area is 102 Å². The second-order valence-corrected chi connectivity index (χ2v) is 6.87. The van der Waals surface area contributed by atoms with Crippen molar-refractivity contribution in [3.8, 4) is 0 Å². The molecule has 2 aliphatic carbocycles. The largest absolute Gasteiger partial charge is 0.309 e.